The van der Waals surface area contributed by atoms with Crippen molar-refractivity contribution in [1.82, 2.24) is 0 Å². The zero-order valence-corrected chi connectivity index (χ0v) is 15.8. The summed E-state index contributed by atoms with van der Waals surface area (Å²) in [7, 11) is 1.57. The molecule has 0 saturated heterocycles. The molecule has 0 amide bonds. The Morgan fingerprint density at radius 3 is 2.62 bits per heavy atom. The summed E-state index contributed by atoms with van der Waals surface area (Å²) in [5, 5.41) is 0. The molecule has 0 radical (unpaired) electrons. The number of rotatable bonds is 7. The molecule has 0 bridgehead atoms. The van der Waals surface area contributed by atoms with Gasteiger partial charge in [-0.2, -0.15) is 0 Å². The van der Waals surface area contributed by atoms with Crippen LogP contribution >= 0.6 is 27.7 Å². The lowest BCUT2D eigenvalue weighted by atomic mass is 10.2. The minimum absolute atomic E-state index is 0.0574. The SMILES string of the molecule is COc1ccc(Br)cc1COC(=O)c1ccccc1SCC(C)=O. The van der Waals surface area contributed by atoms with Gasteiger partial charge in [0, 0.05) is 14.9 Å². The minimum Gasteiger partial charge on any atom is -0.496 e. The number of ketones is 1. The molecule has 2 aromatic rings. The second-order valence-electron chi connectivity index (χ2n) is 5.02. The fraction of sp³-hybridized carbons (Fsp3) is 0.222. The largest absolute Gasteiger partial charge is 0.496 e. The monoisotopic (exact) mass is 408 g/mol. The van der Waals surface area contributed by atoms with E-state index in [1.807, 2.05) is 30.3 Å². The van der Waals surface area contributed by atoms with Gasteiger partial charge in [0.2, 0.25) is 0 Å². The average Bonchev–Trinajstić information content (AvgIpc) is 2.58. The van der Waals surface area contributed by atoms with Crippen molar-refractivity contribution in [2.45, 2.75) is 18.4 Å². The van der Waals surface area contributed by atoms with Gasteiger partial charge in [0.05, 0.1) is 18.4 Å². The lowest BCUT2D eigenvalue weighted by molar-refractivity contribution is -0.114. The quantitative estimate of drug-likeness (QED) is 0.498. The summed E-state index contributed by atoms with van der Waals surface area (Å²) in [5.41, 5.74) is 1.23. The molecule has 4 nitrogen and oxygen atoms in total. The highest BCUT2D eigenvalue weighted by atomic mass is 79.9. The molecule has 126 valence electrons. The molecule has 0 saturated carbocycles. The van der Waals surface area contributed by atoms with Crippen molar-refractivity contribution in [1.29, 1.82) is 0 Å². The third-order valence-electron chi connectivity index (χ3n) is 3.14. The van der Waals surface area contributed by atoms with Crippen LogP contribution < -0.4 is 4.74 Å². The number of esters is 1. The fourth-order valence-electron chi connectivity index (χ4n) is 2.02. The van der Waals surface area contributed by atoms with Crippen LogP contribution in [0.5, 0.6) is 5.75 Å². The zero-order valence-electron chi connectivity index (χ0n) is 13.4. The number of methoxy groups -OCH3 is 1. The third kappa shape index (κ3) is 5.11. The van der Waals surface area contributed by atoms with Gasteiger partial charge in [-0.05, 0) is 37.3 Å². The van der Waals surface area contributed by atoms with Crippen LogP contribution in [0, 0.1) is 0 Å². The van der Waals surface area contributed by atoms with E-state index in [1.165, 1.54) is 18.7 Å². The Morgan fingerprint density at radius 1 is 1.17 bits per heavy atom. The normalized spacial score (nSPS) is 10.3. The van der Waals surface area contributed by atoms with Crippen molar-refractivity contribution < 1.29 is 19.1 Å². The van der Waals surface area contributed by atoms with Gasteiger partial charge in [0.1, 0.15) is 18.1 Å². The van der Waals surface area contributed by atoms with Crippen LogP contribution in [0.15, 0.2) is 51.8 Å². The van der Waals surface area contributed by atoms with E-state index in [0.717, 1.165) is 14.9 Å². The molecule has 24 heavy (non-hydrogen) atoms. The van der Waals surface area contributed by atoms with E-state index < -0.39 is 5.97 Å². The predicted molar refractivity (Wildman–Crippen MR) is 97.7 cm³/mol. The van der Waals surface area contributed by atoms with E-state index in [0.29, 0.717) is 17.1 Å². The number of hydrogen-bond donors (Lipinski definition) is 0. The highest BCUT2D eigenvalue weighted by Gasteiger charge is 2.14. The Labute approximate surface area is 153 Å². The summed E-state index contributed by atoms with van der Waals surface area (Å²) in [6, 6.07) is 12.6. The van der Waals surface area contributed by atoms with Gasteiger partial charge in [0.15, 0.2) is 0 Å². The minimum atomic E-state index is -0.427. The molecule has 2 rings (SSSR count). The summed E-state index contributed by atoms with van der Waals surface area (Å²) >= 11 is 4.72. The van der Waals surface area contributed by atoms with Crippen molar-refractivity contribution in [2.75, 3.05) is 12.9 Å². The molecule has 0 atom stereocenters. The molecule has 0 spiro atoms. The summed E-state index contributed by atoms with van der Waals surface area (Å²) in [6.45, 7) is 1.63. The number of carbonyl (C=O) groups excluding carboxylic acids is 2. The van der Waals surface area contributed by atoms with Gasteiger partial charge in [-0.1, -0.05) is 28.1 Å². The highest BCUT2D eigenvalue weighted by molar-refractivity contribution is 9.10. The van der Waals surface area contributed by atoms with Crippen molar-refractivity contribution in [3.8, 4) is 5.75 Å². The Bertz CT molecular complexity index is 746. The number of carbonyl (C=O) groups is 2. The van der Waals surface area contributed by atoms with Crippen LogP contribution in [0.2, 0.25) is 0 Å². The lowest BCUT2D eigenvalue weighted by Crippen LogP contribution is -2.08. The molecule has 0 unspecified atom stereocenters. The van der Waals surface area contributed by atoms with Crippen LogP contribution in [0.25, 0.3) is 0 Å². The summed E-state index contributed by atoms with van der Waals surface area (Å²) in [4.78, 5) is 24.3. The Kier molecular flexibility index (Phi) is 6.87. The molecule has 2 aromatic carbocycles. The van der Waals surface area contributed by atoms with Crippen LogP contribution in [0.3, 0.4) is 0 Å². The van der Waals surface area contributed by atoms with E-state index in [-0.39, 0.29) is 12.4 Å². The maximum absolute atomic E-state index is 12.4. The van der Waals surface area contributed by atoms with Gasteiger partial charge >= 0.3 is 5.97 Å². The molecular formula is C18H17BrO4S. The summed E-state index contributed by atoms with van der Waals surface area (Å²) in [5.74, 6) is 0.611. The first-order valence-electron chi connectivity index (χ1n) is 7.22. The van der Waals surface area contributed by atoms with Gasteiger partial charge < -0.3 is 9.47 Å². The number of ether oxygens (including phenoxy) is 2. The van der Waals surface area contributed by atoms with Crippen molar-refractivity contribution in [2.24, 2.45) is 0 Å². The fourth-order valence-corrected chi connectivity index (χ4v) is 3.27. The average molecular weight is 409 g/mol. The Hall–Kier alpha value is -1.79. The smallest absolute Gasteiger partial charge is 0.339 e. The third-order valence-corrected chi connectivity index (χ3v) is 4.85. The summed E-state index contributed by atoms with van der Waals surface area (Å²) in [6.07, 6.45) is 0. The molecule has 0 aliphatic heterocycles. The maximum Gasteiger partial charge on any atom is 0.339 e. The van der Waals surface area contributed by atoms with Gasteiger partial charge in [-0.15, -0.1) is 11.8 Å². The summed E-state index contributed by atoms with van der Waals surface area (Å²) < 4.78 is 11.6. The van der Waals surface area contributed by atoms with Crippen LogP contribution in [0.4, 0.5) is 0 Å². The molecule has 0 N–H and O–H groups in total. The zero-order chi connectivity index (χ0) is 17.5. The van der Waals surface area contributed by atoms with Crippen molar-refractivity contribution >= 4 is 39.4 Å². The Balaban J connectivity index is 2.10. The maximum atomic E-state index is 12.4. The van der Waals surface area contributed by atoms with E-state index >= 15 is 0 Å². The van der Waals surface area contributed by atoms with Crippen molar-refractivity contribution in [3.05, 3.63) is 58.1 Å². The first-order chi connectivity index (χ1) is 11.5. The van der Waals surface area contributed by atoms with Crippen LogP contribution in [-0.4, -0.2) is 24.6 Å². The molecule has 0 aliphatic rings. The first-order valence-corrected chi connectivity index (χ1v) is 9.00. The van der Waals surface area contributed by atoms with E-state index in [4.69, 9.17) is 9.47 Å². The number of Topliss-reactive ketones (excluding diaryl/α,β-unsaturated/α-hetero) is 1. The van der Waals surface area contributed by atoms with E-state index in [9.17, 15) is 9.59 Å². The molecule has 0 aromatic heterocycles. The van der Waals surface area contributed by atoms with Crippen molar-refractivity contribution in [3.63, 3.8) is 0 Å². The second-order valence-corrected chi connectivity index (χ2v) is 6.95. The van der Waals surface area contributed by atoms with Gasteiger partial charge in [0.25, 0.3) is 0 Å². The van der Waals surface area contributed by atoms with Gasteiger partial charge in [-0.25, -0.2) is 4.79 Å². The van der Waals surface area contributed by atoms with Gasteiger partial charge in [-0.3, -0.25) is 4.79 Å². The molecule has 0 aliphatic carbocycles. The molecular weight excluding hydrogens is 392 g/mol. The van der Waals surface area contributed by atoms with E-state index in [2.05, 4.69) is 15.9 Å². The van der Waals surface area contributed by atoms with E-state index in [1.54, 1.807) is 19.2 Å². The number of thioether (sulfide) groups is 1. The number of hydrogen-bond acceptors (Lipinski definition) is 5. The lowest BCUT2D eigenvalue weighted by Gasteiger charge is -2.11. The molecule has 0 heterocycles. The topological polar surface area (TPSA) is 52.6 Å². The second kappa shape index (κ2) is 8.89. The Morgan fingerprint density at radius 2 is 1.92 bits per heavy atom. The number of benzene rings is 2. The first kappa shape index (κ1) is 18.5. The highest BCUT2D eigenvalue weighted by Crippen LogP contribution is 2.26. The van der Waals surface area contributed by atoms with Crippen LogP contribution in [0.1, 0.15) is 22.8 Å². The predicted octanol–water partition coefficient (Wildman–Crippen LogP) is 4.50. The standard InChI is InChI=1S/C18H17BrO4S/c1-12(20)11-24-17-6-4-3-5-15(17)18(21)23-10-13-9-14(19)7-8-16(13)22-2/h3-9H,10-11H2,1-2H3. The molecule has 0 fully saturated rings. The molecule has 6 heteroatoms. The van der Waals surface area contributed by atoms with Crippen LogP contribution in [-0.2, 0) is 16.1 Å². The number of halogens is 1.